The molecule has 0 spiro atoms. The van der Waals surface area contributed by atoms with Crippen molar-refractivity contribution in [2.75, 3.05) is 6.61 Å². The monoisotopic (exact) mass is 413 g/mol. The summed E-state index contributed by atoms with van der Waals surface area (Å²) < 4.78 is 7.67. The molecule has 0 radical (unpaired) electrons. The summed E-state index contributed by atoms with van der Waals surface area (Å²) in [7, 11) is 0. The van der Waals surface area contributed by atoms with E-state index in [1.165, 1.54) is 0 Å². The standard InChI is InChI=1S/C26H27N3O2/c1-19(2)16-17-31-22-14-12-20(13-15-22)18-29-24-11-7-6-10-23(24)25(26(29)30)28-27-21-8-4-3-5-9-21/h3-15,19,30H,16-18H2,1-2H3. The van der Waals surface area contributed by atoms with Gasteiger partial charge in [-0.1, -0.05) is 62.4 Å². The van der Waals surface area contributed by atoms with Crippen molar-refractivity contribution in [3.63, 3.8) is 0 Å². The third-order valence-electron chi connectivity index (χ3n) is 5.17. The van der Waals surface area contributed by atoms with Crippen molar-refractivity contribution in [1.29, 1.82) is 0 Å². The van der Waals surface area contributed by atoms with Crippen LogP contribution in [0.4, 0.5) is 11.4 Å². The summed E-state index contributed by atoms with van der Waals surface area (Å²) in [6.45, 7) is 5.62. The van der Waals surface area contributed by atoms with Crippen molar-refractivity contribution in [1.82, 2.24) is 4.57 Å². The van der Waals surface area contributed by atoms with E-state index >= 15 is 0 Å². The van der Waals surface area contributed by atoms with E-state index in [4.69, 9.17) is 4.74 Å². The molecule has 0 aliphatic carbocycles. The van der Waals surface area contributed by atoms with Gasteiger partial charge in [-0.3, -0.25) is 0 Å². The average Bonchev–Trinajstić information content (AvgIpc) is 3.05. The lowest BCUT2D eigenvalue weighted by molar-refractivity contribution is 0.289. The molecule has 0 unspecified atom stereocenters. The molecule has 0 amide bonds. The van der Waals surface area contributed by atoms with Crippen LogP contribution in [0.25, 0.3) is 10.9 Å². The molecule has 0 atom stereocenters. The normalized spacial score (nSPS) is 11.6. The Balaban J connectivity index is 1.58. The van der Waals surface area contributed by atoms with Crippen LogP contribution in [0.2, 0.25) is 0 Å². The van der Waals surface area contributed by atoms with Gasteiger partial charge in [0.25, 0.3) is 0 Å². The van der Waals surface area contributed by atoms with E-state index in [1.807, 2.05) is 83.4 Å². The number of rotatable bonds is 8. The molecule has 0 saturated heterocycles. The lowest BCUT2D eigenvalue weighted by Gasteiger charge is -2.10. The molecule has 0 bridgehead atoms. The fraction of sp³-hybridized carbons (Fsp3) is 0.231. The molecule has 31 heavy (non-hydrogen) atoms. The molecule has 5 nitrogen and oxygen atoms in total. The number of ether oxygens (including phenoxy) is 1. The van der Waals surface area contributed by atoms with Crippen LogP contribution in [0.1, 0.15) is 25.8 Å². The van der Waals surface area contributed by atoms with Crippen LogP contribution in [0.5, 0.6) is 11.6 Å². The highest BCUT2D eigenvalue weighted by molar-refractivity contribution is 5.95. The highest BCUT2D eigenvalue weighted by Crippen LogP contribution is 2.39. The summed E-state index contributed by atoms with van der Waals surface area (Å²) >= 11 is 0. The number of fused-ring (bicyclic) bond motifs is 1. The molecule has 158 valence electrons. The molecule has 0 fully saturated rings. The van der Waals surface area contributed by atoms with Gasteiger partial charge in [0.05, 0.1) is 24.4 Å². The largest absolute Gasteiger partial charge is 0.494 e. The molecule has 4 rings (SSSR count). The minimum absolute atomic E-state index is 0.109. The van der Waals surface area contributed by atoms with Crippen LogP contribution in [-0.4, -0.2) is 16.3 Å². The molecule has 1 N–H and O–H groups in total. The minimum Gasteiger partial charge on any atom is -0.494 e. The zero-order valence-electron chi connectivity index (χ0n) is 17.9. The number of hydrogen-bond donors (Lipinski definition) is 1. The molecule has 1 heterocycles. The van der Waals surface area contributed by atoms with Crippen molar-refractivity contribution >= 4 is 22.3 Å². The second kappa shape index (κ2) is 9.47. The Morgan fingerprint density at radius 3 is 2.32 bits per heavy atom. The van der Waals surface area contributed by atoms with Gasteiger partial charge in [-0.25, -0.2) is 0 Å². The molecule has 0 saturated carbocycles. The highest BCUT2D eigenvalue weighted by Gasteiger charge is 2.16. The third-order valence-corrected chi connectivity index (χ3v) is 5.17. The van der Waals surface area contributed by atoms with E-state index in [1.54, 1.807) is 0 Å². The molecule has 4 aromatic rings. The first-order chi connectivity index (χ1) is 15.1. The van der Waals surface area contributed by atoms with Crippen LogP contribution < -0.4 is 4.74 Å². The third kappa shape index (κ3) is 4.94. The van der Waals surface area contributed by atoms with Gasteiger partial charge in [-0.15, -0.1) is 5.11 Å². The van der Waals surface area contributed by atoms with Crippen LogP contribution in [0.15, 0.2) is 89.1 Å². The summed E-state index contributed by atoms with van der Waals surface area (Å²) in [4.78, 5) is 0. The van der Waals surface area contributed by atoms with Crippen LogP contribution in [-0.2, 0) is 6.54 Å². The van der Waals surface area contributed by atoms with E-state index in [0.29, 0.717) is 18.2 Å². The number of benzene rings is 3. The van der Waals surface area contributed by atoms with Gasteiger partial charge in [0, 0.05) is 5.39 Å². The van der Waals surface area contributed by atoms with E-state index < -0.39 is 0 Å². The fourth-order valence-corrected chi connectivity index (χ4v) is 3.42. The maximum absolute atomic E-state index is 11.0. The van der Waals surface area contributed by atoms with E-state index in [-0.39, 0.29) is 5.88 Å². The van der Waals surface area contributed by atoms with E-state index in [0.717, 1.165) is 40.9 Å². The summed E-state index contributed by atoms with van der Waals surface area (Å²) in [6, 6.07) is 25.4. The number of para-hydroxylation sites is 1. The second-order valence-electron chi connectivity index (χ2n) is 7.99. The van der Waals surface area contributed by atoms with Crippen molar-refractivity contribution in [3.05, 3.63) is 84.4 Å². The molecule has 1 aromatic heterocycles. The first kappa shape index (κ1) is 20.7. The maximum atomic E-state index is 11.0. The van der Waals surface area contributed by atoms with Crippen molar-refractivity contribution < 1.29 is 9.84 Å². The zero-order valence-corrected chi connectivity index (χ0v) is 17.9. The summed E-state index contributed by atoms with van der Waals surface area (Å²) in [5, 5.41) is 20.5. The van der Waals surface area contributed by atoms with Crippen molar-refractivity contribution in [2.24, 2.45) is 16.1 Å². The second-order valence-corrected chi connectivity index (χ2v) is 7.99. The maximum Gasteiger partial charge on any atom is 0.221 e. The predicted molar refractivity (Wildman–Crippen MR) is 125 cm³/mol. The Morgan fingerprint density at radius 2 is 1.58 bits per heavy atom. The molecule has 3 aromatic carbocycles. The van der Waals surface area contributed by atoms with Gasteiger partial charge in [-0.2, -0.15) is 5.11 Å². The SMILES string of the molecule is CC(C)CCOc1ccc(Cn2c(O)c(N=Nc3ccccc3)c3ccccc32)cc1. The Labute approximate surface area is 182 Å². The van der Waals surface area contributed by atoms with Crippen LogP contribution >= 0.6 is 0 Å². The van der Waals surface area contributed by atoms with Crippen molar-refractivity contribution in [3.8, 4) is 11.6 Å². The number of hydrogen-bond acceptors (Lipinski definition) is 4. The number of aromatic hydroxyl groups is 1. The van der Waals surface area contributed by atoms with Gasteiger partial charge >= 0.3 is 0 Å². The average molecular weight is 414 g/mol. The van der Waals surface area contributed by atoms with Crippen molar-refractivity contribution in [2.45, 2.75) is 26.8 Å². The first-order valence-corrected chi connectivity index (χ1v) is 10.6. The van der Waals surface area contributed by atoms with E-state index in [2.05, 4.69) is 24.1 Å². The van der Waals surface area contributed by atoms with Gasteiger partial charge in [-0.05, 0) is 48.2 Å². The summed E-state index contributed by atoms with van der Waals surface area (Å²) in [5.41, 5.74) is 3.21. The van der Waals surface area contributed by atoms with Crippen LogP contribution in [0, 0.1) is 5.92 Å². The Bertz CT molecular complexity index is 1160. The fourth-order valence-electron chi connectivity index (χ4n) is 3.42. The molecular formula is C26H27N3O2. The first-order valence-electron chi connectivity index (χ1n) is 10.6. The Morgan fingerprint density at radius 1 is 0.871 bits per heavy atom. The van der Waals surface area contributed by atoms with Crippen LogP contribution in [0.3, 0.4) is 0 Å². The molecule has 0 aliphatic heterocycles. The smallest absolute Gasteiger partial charge is 0.221 e. The molecule has 5 heteroatoms. The Hall–Kier alpha value is -3.60. The van der Waals surface area contributed by atoms with E-state index in [9.17, 15) is 5.11 Å². The highest BCUT2D eigenvalue weighted by atomic mass is 16.5. The zero-order chi connectivity index (χ0) is 21.6. The lowest BCUT2D eigenvalue weighted by atomic mass is 10.1. The minimum atomic E-state index is 0.109. The Kier molecular flexibility index (Phi) is 6.32. The summed E-state index contributed by atoms with van der Waals surface area (Å²) in [5.74, 6) is 1.60. The molecule has 0 aliphatic rings. The van der Waals surface area contributed by atoms with Gasteiger partial charge in [0.2, 0.25) is 5.88 Å². The predicted octanol–water partition coefficient (Wildman–Crippen LogP) is 7.24. The number of aromatic nitrogens is 1. The van der Waals surface area contributed by atoms with Gasteiger partial charge < -0.3 is 14.4 Å². The number of nitrogens with zero attached hydrogens (tertiary/aromatic N) is 3. The van der Waals surface area contributed by atoms with Gasteiger partial charge in [0.1, 0.15) is 5.75 Å². The molecular weight excluding hydrogens is 386 g/mol. The lowest BCUT2D eigenvalue weighted by Crippen LogP contribution is -2.02. The van der Waals surface area contributed by atoms with Gasteiger partial charge in [0.15, 0.2) is 5.69 Å². The topological polar surface area (TPSA) is 59.1 Å². The number of azo groups is 1. The quantitative estimate of drug-likeness (QED) is 0.310. The summed E-state index contributed by atoms with van der Waals surface area (Å²) in [6.07, 6.45) is 1.03.